The van der Waals surface area contributed by atoms with Crippen molar-refractivity contribution < 1.29 is 14.0 Å². The Morgan fingerprint density at radius 3 is 2.33 bits per heavy atom. The second-order valence-corrected chi connectivity index (χ2v) is 5.79. The highest BCUT2D eigenvalue weighted by molar-refractivity contribution is 9.10. The minimum absolute atomic E-state index is 0.110. The molecule has 2 amide bonds. The SMILES string of the molecule is NC(=O)CN1CCN(c2cc(Br)cc(F)c2C(N)=O)CC1. The second-order valence-electron chi connectivity index (χ2n) is 4.88. The molecule has 8 heteroatoms. The molecule has 1 aromatic rings. The van der Waals surface area contributed by atoms with Crippen LogP contribution in [-0.4, -0.2) is 49.4 Å². The number of nitrogens with zero attached hydrogens (tertiary/aromatic N) is 2. The van der Waals surface area contributed by atoms with Crippen LogP contribution in [0.15, 0.2) is 16.6 Å². The van der Waals surface area contributed by atoms with Gasteiger partial charge in [-0.3, -0.25) is 14.5 Å². The minimum atomic E-state index is -0.797. The Labute approximate surface area is 130 Å². The number of amides is 2. The zero-order valence-electron chi connectivity index (χ0n) is 11.3. The Bertz CT molecular complexity index is 574. The van der Waals surface area contributed by atoms with Gasteiger partial charge in [0.2, 0.25) is 5.91 Å². The van der Waals surface area contributed by atoms with Crippen LogP contribution in [0.5, 0.6) is 0 Å². The zero-order chi connectivity index (χ0) is 15.6. The summed E-state index contributed by atoms with van der Waals surface area (Å²) in [6, 6.07) is 2.89. The number of nitrogens with two attached hydrogens (primary N) is 2. The Hall–Kier alpha value is -1.67. The van der Waals surface area contributed by atoms with Gasteiger partial charge in [0.25, 0.3) is 5.91 Å². The van der Waals surface area contributed by atoms with Crippen molar-refractivity contribution in [3.8, 4) is 0 Å². The van der Waals surface area contributed by atoms with Crippen molar-refractivity contribution in [2.24, 2.45) is 11.5 Å². The van der Waals surface area contributed by atoms with Crippen LogP contribution in [0.2, 0.25) is 0 Å². The second kappa shape index (κ2) is 6.40. The lowest BCUT2D eigenvalue weighted by Crippen LogP contribution is -2.49. The zero-order valence-corrected chi connectivity index (χ0v) is 12.9. The summed E-state index contributed by atoms with van der Waals surface area (Å²) < 4.78 is 14.5. The molecule has 0 unspecified atom stereocenters. The molecule has 1 aliphatic heterocycles. The number of halogens is 2. The van der Waals surface area contributed by atoms with E-state index in [0.29, 0.717) is 36.3 Å². The van der Waals surface area contributed by atoms with Crippen molar-refractivity contribution in [1.29, 1.82) is 0 Å². The molecule has 4 N–H and O–H groups in total. The lowest BCUT2D eigenvalue weighted by molar-refractivity contribution is -0.119. The first-order valence-electron chi connectivity index (χ1n) is 6.43. The Morgan fingerprint density at radius 1 is 1.19 bits per heavy atom. The van der Waals surface area contributed by atoms with E-state index in [1.807, 2.05) is 9.80 Å². The van der Waals surface area contributed by atoms with Crippen molar-refractivity contribution >= 4 is 33.4 Å². The highest BCUT2D eigenvalue weighted by atomic mass is 79.9. The molecule has 0 saturated carbocycles. The lowest BCUT2D eigenvalue weighted by atomic mass is 10.1. The molecule has 1 fully saturated rings. The normalized spacial score (nSPS) is 16.0. The highest BCUT2D eigenvalue weighted by Crippen LogP contribution is 2.28. The fourth-order valence-electron chi connectivity index (χ4n) is 2.42. The molecule has 1 aliphatic rings. The summed E-state index contributed by atoms with van der Waals surface area (Å²) in [4.78, 5) is 26.2. The lowest BCUT2D eigenvalue weighted by Gasteiger charge is -2.36. The van der Waals surface area contributed by atoms with E-state index in [4.69, 9.17) is 11.5 Å². The van der Waals surface area contributed by atoms with Gasteiger partial charge in [0.15, 0.2) is 0 Å². The van der Waals surface area contributed by atoms with E-state index < -0.39 is 11.7 Å². The van der Waals surface area contributed by atoms with Crippen molar-refractivity contribution in [2.75, 3.05) is 37.6 Å². The maximum atomic E-state index is 13.9. The molecule has 114 valence electrons. The Balaban J connectivity index is 2.20. The maximum absolute atomic E-state index is 13.9. The first-order chi connectivity index (χ1) is 9.88. The predicted molar refractivity (Wildman–Crippen MR) is 80.5 cm³/mol. The van der Waals surface area contributed by atoms with E-state index in [1.54, 1.807) is 6.07 Å². The predicted octanol–water partition coefficient (Wildman–Crippen LogP) is 0.294. The summed E-state index contributed by atoms with van der Waals surface area (Å²) in [5.41, 5.74) is 10.8. The molecule has 0 spiro atoms. The van der Waals surface area contributed by atoms with E-state index in [0.717, 1.165) is 0 Å². The number of hydrogen-bond acceptors (Lipinski definition) is 4. The van der Waals surface area contributed by atoms with Gasteiger partial charge >= 0.3 is 0 Å². The average Bonchev–Trinajstić information content (AvgIpc) is 2.37. The number of benzene rings is 1. The molecule has 0 radical (unpaired) electrons. The molecule has 2 rings (SSSR count). The maximum Gasteiger partial charge on any atom is 0.253 e. The van der Waals surface area contributed by atoms with Crippen LogP contribution in [0.4, 0.5) is 10.1 Å². The molecular weight excluding hydrogens is 343 g/mol. The van der Waals surface area contributed by atoms with Crippen molar-refractivity contribution in [3.63, 3.8) is 0 Å². The standard InChI is InChI=1S/C13H16BrFN4O2/c14-8-5-9(15)12(13(17)21)10(6-8)19-3-1-18(2-4-19)7-11(16)20/h5-6H,1-4,7H2,(H2,16,20)(H2,17,21). The van der Waals surface area contributed by atoms with Crippen molar-refractivity contribution in [1.82, 2.24) is 4.90 Å². The largest absolute Gasteiger partial charge is 0.369 e. The topological polar surface area (TPSA) is 92.7 Å². The van der Waals surface area contributed by atoms with E-state index >= 15 is 0 Å². The van der Waals surface area contributed by atoms with Gasteiger partial charge in [-0.15, -0.1) is 0 Å². The number of piperazine rings is 1. The quantitative estimate of drug-likeness (QED) is 0.809. The fourth-order valence-corrected chi connectivity index (χ4v) is 2.84. The average molecular weight is 359 g/mol. The number of primary amides is 2. The van der Waals surface area contributed by atoms with Gasteiger partial charge in [-0.05, 0) is 12.1 Å². The van der Waals surface area contributed by atoms with Crippen LogP contribution in [-0.2, 0) is 4.79 Å². The highest BCUT2D eigenvalue weighted by Gasteiger charge is 2.24. The van der Waals surface area contributed by atoms with Crippen molar-refractivity contribution in [3.05, 3.63) is 28.0 Å². The van der Waals surface area contributed by atoms with E-state index in [9.17, 15) is 14.0 Å². The van der Waals surface area contributed by atoms with Crippen LogP contribution in [0.3, 0.4) is 0 Å². The third-order valence-electron chi connectivity index (χ3n) is 3.37. The monoisotopic (exact) mass is 358 g/mol. The van der Waals surface area contributed by atoms with Crippen LogP contribution in [0.25, 0.3) is 0 Å². The van der Waals surface area contributed by atoms with Gasteiger partial charge in [0.1, 0.15) is 5.82 Å². The Morgan fingerprint density at radius 2 is 1.81 bits per heavy atom. The number of carbonyl (C=O) groups is 2. The number of rotatable bonds is 4. The van der Waals surface area contributed by atoms with Crippen LogP contribution >= 0.6 is 15.9 Å². The molecule has 1 aromatic carbocycles. The molecule has 1 heterocycles. The summed E-state index contributed by atoms with van der Waals surface area (Å²) in [7, 11) is 0. The van der Waals surface area contributed by atoms with Crippen molar-refractivity contribution in [2.45, 2.75) is 0 Å². The van der Waals surface area contributed by atoms with Gasteiger partial charge in [0.05, 0.1) is 17.8 Å². The van der Waals surface area contributed by atoms with Crippen LogP contribution in [0.1, 0.15) is 10.4 Å². The van der Waals surface area contributed by atoms with E-state index in [2.05, 4.69) is 15.9 Å². The summed E-state index contributed by atoms with van der Waals surface area (Å²) >= 11 is 3.22. The van der Waals surface area contributed by atoms with Gasteiger partial charge in [-0.2, -0.15) is 0 Å². The fraction of sp³-hybridized carbons (Fsp3) is 0.385. The smallest absolute Gasteiger partial charge is 0.253 e. The van der Waals surface area contributed by atoms with Crippen LogP contribution in [0, 0.1) is 5.82 Å². The third kappa shape index (κ3) is 3.70. The molecule has 0 atom stereocenters. The number of anilines is 1. The van der Waals surface area contributed by atoms with Gasteiger partial charge in [-0.25, -0.2) is 4.39 Å². The molecule has 21 heavy (non-hydrogen) atoms. The third-order valence-corrected chi connectivity index (χ3v) is 3.83. The van der Waals surface area contributed by atoms with Crippen LogP contribution < -0.4 is 16.4 Å². The Kier molecular flexibility index (Phi) is 4.79. The van der Waals surface area contributed by atoms with Gasteiger partial charge < -0.3 is 16.4 Å². The molecule has 0 aromatic heterocycles. The number of carbonyl (C=O) groups excluding carboxylic acids is 2. The first-order valence-corrected chi connectivity index (χ1v) is 7.22. The van der Waals surface area contributed by atoms with Gasteiger partial charge in [0, 0.05) is 30.7 Å². The first kappa shape index (κ1) is 15.7. The van der Waals surface area contributed by atoms with E-state index in [-0.39, 0.29) is 18.0 Å². The minimum Gasteiger partial charge on any atom is -0.369 e. The summed E-state index contributed by atoms with van der Waals surface area (Å²) in [5, 5.41) is 0. The summed E-state index contributed by atoms with van der Waals surface area (Å²) in [6.07, 6.45) is 0. The number of hydrogen-bond donors (Lipinski definition) is 2. The summed E-state index contributed by atoms with van der Waals surface area (Å²) in [6.45, 7) is 2.53. The molecule has 0 bridgehead atoms. The van der Waals surface area contributed by atoms with Gasteiger partial charge in [-0.1, -0.05) is 15.9 Å². The molecular formula is C13H16BrFN4O2. The molecule has 1 saturated heterocycles. The van der Waals surface area contributed by atoms with E-state index in [1.165, 1.54) is 6.07 Å². The molecule has 0 aliphatic carbocycles. The molecule has 6 nitrogen and oxygen atoms in total. The summed E-state index contributed by atoms with van der Waals surface area (Å²) in [5.74, 6) is -1.82.